The molecule has 0 aliphatic heterocycles. The van der Waals surface area contributed by atoms with Crippen molar-refractivity contribution in [2.45, 2.75) is 32.9 Å². The van der Waals surface area contributed by atoms with Gasteiger partial charge in [-0.1, -0.05) is 18.2 Å². The summed E-state index contributed by atoms with van der Waals surface area (Å²) in [6.07, 6.45) is 4.32. The molecule has 1 fully saturated rings. The third-order valence-electron chi connectivity index (χ3n) is 3.68. The van der Waals surface area contributed by atoms with E-state index in [9.17, 15) is 4.79 Å². The molecule has 2 aromatic rings. The van der Waals surface area contributed by atoms with Crippen LogP contribution in [0.2, 0.25) is 0 Å². The van der Waals surface area contributed by atoms with Gasteiger partial charge in [0.1, 0.15) is 5.75 Å². The second-order valence-corrected chi connectivity index (χ2v) is 7.06. The van der Waals surface area contributed by atoms with E-state index in [1.165, 1.54) is 12.8 Å². The Morgan fingerprint density at radius 1 is 1.30 bits per heavy atom. The molecule has 0 spiro atoms. The van der Waals surface area contributed by atoms with Crippen LogP contribution in [0.15, 0.2) is 30.5 Å². The number of nitrogens with zero attached hydrogens (tertiary/aromatic N) is 1. The fourth-order valence-electron chi connectivity index (χ4n) is 2.18. The minimum absolute atomic E-state index is 0.187. The number of aryl methyl sites for hydroxylation is 1. The second kappa shape index (κ2) is 7.46. The summed E-state index contributed by atoms with van der Waals surface area (Å²) in [6, 6.07) is 7.66. The topological polar surface area (TPSA) is 63.2 Å². The summed E-state index contributed by atoms with van der Waals surface area (Å²) in [6.45, 7) is 3.67. The number of aromatic nitrogens is 1. The highest BCUT2D eigenvalue weighted by molar-refractivity contribution is 7.11. The summed E-state index contributed by atoms with van der Waals surface area (Å²) in [5, 5.41) is 6.72. The Balaban J connectivity index is 1.46. The van der Waals surface area contributed by atoms with Crippen LogP contribution in [0.3, 0.4) is 0 Å². The molecule has 2 N–H and O–H groups in total. The van der Waals surface area contributed by atoms with Crippen LogP contribution >= 0.6 is 11.3 Å². The summed E-state index contributed by atoms with van der Waals surface area (Å²) in [5.41, 5.74) is 0.997. The van der Waals surface area contributed by atoms with Crippen LogP contribution in [0, 0.1) is 12.8 Å². The van der Waals surface area contributed by atoms with Gasteiger partial charge >= 0.3 is 6.03 Å². The lowest BCUT2D eigenvalue weighted by Crippen LogP contribution is -2.34. The Morgan fingerprint density at radius 3 is 2.83 bits per heavy atom. The number of carbonyl (C=O) groups is 1. The van der Waals surface area contributed by atoms with Gasteiger partial charge in [-0.25, -0.2) is 9.78 Å². The summed E-state index contributed by atoms with van der Waals surface area (Å²) in [5.74, 6) is 1.57. The number of amides is 2. The number of thiazole rings is 1. The minimum atomic E-state index is -0.187. The number of hydrogen-bond donors (Lipinski definition) is 2. The molecule has 2 amide bonds. The van der Waals surface area contributed by atoms with Crippen molar-refractivity contribution in [3.63, 3.8) is 0 Å². The number of hydrogen-bond acceptors (Lipinski definition) is 4. The molecule has 122 valence electrons. The first-order chi connectivity index (χ1) is 11.2. The first-order valence-corrected chi connectivity index (χ1v) is 8.66. The van der Waals surface area contributed by atoms with Crippen molar-refractivity contribution < 1.29 is 9.53 Å². The standard InChI is InChI=1S/C17H21N3O2S/c1-12-18-9-15(23-12)10-20-17(21)19-8-14-4-2-3-5-16(14)22-11-13-6-7-13/h2-5,9,13H,6-8,10-11H2,1H3,(H2,19,20,21). The maximum absolute atomic E-state index is 11.9. The predicted octanol–water partition coefficient (Wildman–Crippen LogP) is 3.24. The van der Waals surface area contributed by atoms with Crippen LogP contribution < -0.4 is 15.4 Å². The van der Waals surface area contributed by atoms with Gasteiger partial charge in [0.25, 0.3) is 0 Å². The second-order valence-electron chi connectivity index (χ2n) is 5.74. The molecule has 1 aromatic carbocycles. The first kappa shape index (κ1) is 15.8. The van der Waals surface area contributed by atoms with E-state index in [-0.39, 0.29) is 6.03 Å². The zero-order valence-electron chi connectivity index (χ0n) is 13.2. The Hall–Kier alpha value is -2.08. The molecule has 6 heteroatoms. The van der Waals surface area contributed by atoms with Crippen LogP contribution in [0.1, 0.15) is 28.3 Å². The predicted molar refractivity (Wildman–Crippen MR) is 90.6 cm³/mol. The maximum Gasteiger partial charge on any atom is 0.315 e. The van der Waals surface area contributed by atoms with Crippen molar-refractivity contribution in [1.29, 1.82) is 0 Å². The maximum atomic E-state index is 11.9. The zero-order valence-corrected chi connectivity index (χ0v) is 14.0. The fraction of sp³-hybridized carbons (Fsp3) is 0.412. The molecule has 1 saturated carbocycles. The third kappa shape index (κ3) is 4.96. The molecule has 1 heterocycles. The van der Waals surface area contributed by atoms with Crippen molar-refractivity contribution in [2.75, 3.05) is 6.61 Å². The van der Waals surface area contributed by atoms with Gasteiger partial charge in [-0.15, -0.1) is 11.3 Å². The molecule has 1 aromatic heterocycles. The van der Waals surface area contributed by atoms with Crippen molar-refractivity contribution in [2.24, 2.45) is 5.92 Å². The number of benzene rings is 1. The number of para-hydroxylation sites is 1. The van der Waals surface area contributed by atoms with Gasteiger partial charge in [0, 0.05) is 23.2 Å². The largest absolute Gasteiger partial charge is 0.493 e. The van der Waals surface area contributed by atoms with Gasteiger partial charge in [0.15, 0.2) is 0 Å². The highest BCUT2D eigenvalue weighted by Gasteiger charge is 2.22. The van der Waals surface area contributed by atoms with Crippen LogP contribution in [-0.4, -0.2) is 17.6 Å². The number of nitrogens with one attached hydrogen (secondary N) is 2. The van der Waals surface area contributed by atoms with Crippen molar-refractivity contribution in [1.82, 2.24) is 15.6 Å². The number of urea groups is 1. The lowest BCUT2D eigenvalue weighted by atomic mass is 10.2. The highest BCUT2D eigenvalue weighted by atomic mass is 32.1. The molecule has 0 radical (unpaired) electrons. The smallest absolute Gasteiger partial charge is 0.315 e. The molecule has 0 unspecified atom stereocenters. The molecule has 0 saturated heterocycles. The van der Waals surface area contributed by atoms with E-state index in [1.54, 1.807) is 17.5 Å². The fourth-order valence-corrected chi connectivity index (χ4v) is 2.91. The van der Waals surface area contributed by atoms with E-state index in [1.807, 2.05) is 31.2 Å². The van der Waals surface area contributed by atoms with E-state index in [0.29, 0.717) is 19.0 Å². The summed E-state index contributed by atoms with van der Waals surface area (Å²) in [7, 11) is 0. The lowest BCUT2D eigenvalue weighted by molar-refractivity contribution is 0.240. The van der Waals surface area contributed by atoms with E-state index >= 15 is 0 Å². The number of carbonyl (C=O) groups excluding carboxylic acids is 1. The van der Waals surface area contributed by atoms with Gasteiger partial charge in [0.05, 0.1) is 18.2 Å². The SMILES string of the molecule is Cc1ncc(CNC(=O)NCc2ccccc2OCC2CC2)s1. The quantitative estimate of drug-likeness (QED) is 0.819. The Labute approximate surface area is 140 Å². The monoisotopic (exact) mass is 331 g/mol. The van der Waals surface area contributed by atoms with Crippen molar-refractivity contribution >= 4 is 17.4 Å². The lowest BCUT2D eigenvalue weighted by Gasteiger charge is -2.12. The normalized spacial score (nSPS) is 13.6. The van der Waals surface area contributed by atoms with Crippen LogP contribution in [0.4, 0.5) is 4.79 Å². The van der Waals surface area contributed by atoms with Gasteiger partial charge < -0.3 is 15.4 Å². The van der Waals surface area contributed by atoms with Crippen molar-refractivity contribution in [3.05, 3.63) is 45.9 Å². The molecular formula is C17H21N3O2S. The summed E-state index contributed by atoms with van der Waals surface area (Å²) in [4.78, 5) is 17.1. The number of ether oxygens (including phenoxy) is 1. The number of rotatable bonds is 7. The molecule has 1 aliphatic carbocycles. The van der Waals surface area contributed by atoms with Gasteiger partial charge in [-0.2, -0.15) is 0 Å². The molecular weight excluding hydrogens is 310 g/mol. The van der Waals surface area contributed by atoms with Gasteiger partial charge in [-0.05, 0) is 31.7 Å². The molecule has 5 nitrogen and oxygen atoms in total. The Morgan fingerprint density at radius 2 is 2.09 bits per heavy atom. The van der Waals surface area contributed by atoms with Crippen LogP contribution in [0.25, 0.3) is 0 Å². The van der Waals surface area contributed by atoms with E-state index < -0.39 is 0 Å². The average molecular weight is 331 g/mol. The third-order valence-corrected chi connectivity index (χ3v) is 4.59. The summed E-state index contributed by atoms with van der Waals surface area (Å²) < 4.78 is 5.85. The highest BCUT2D eigenvalue weighted by Crippen LogP contribution is 2.30. The van der Waals surface area contributed by atoms with E-state index in [4.69, 9.17) is 4.74 Å². The average Bonchev–Trinajstić information content (AvgIpc) is 3.30. The van der Waals surface area contributed by atoms with Gasteiger partial charge in [0.2, 0.25) is 0 Å². The Bertz CT molecular complexity index is 667. The molecule has 1 aliphatic rings. The molecule has 23 heavy (non-hydrogen) atoms. The van der Waals surface area contributed by atoms with Crippen LogP contribution in [0.5, 0.6) is 5.75 Å². The molecule has 0 atom stereocenters. The van der Waals surface area contributed by atoms with E-state index in [0.717, 1.165) is 27.8 Å². The van der Waals surface area contributed by atoms with Crippen molar-refractivity contribution in [3.8, 4) is 5.75 Å². The first-order valence-electron chi connectivity index (χ1n) is 7.84. The Kier molecular flexibility index (Phi) is 5.12. The molecule has 0 bridgehead atoms. The van der Waals surface area contributed by atoms with E-state index in [2.05, 4.69) is 15.6 Å². The van der Waals surface area contributed by atoms with Crippen LogP contribution in [-0.2, 0) is 13.1 Å². The zero-order chi connectivity index (χ0) is 16.1. The molecule has 3 rings (SSSR count). The van der Waals surface area contributed by atoms with Gasteiger partial charge in [-0.3, -0.25) is 0 Å². The summed E-state index contributed by atoms with van der Waals surface area (Å²) >= 11 is 1.59. The minimum Gasteiger partial charge on any atom is -0.493 e.